The average Bonchev–Trinajstić information content (AvgIpc) is 3.71. The van der Waals surface area contributed by atoms with Crippen molar-refractivity contribution in [2.75, 3.05) is 23.2 Å². The Morgan fingerprint density at radius 3 is 2.60 bits per heavy atom. The lowest BCUT2D eigenvalue weighted by atomic mass is 9.84. The fourth-order valence-electron chi connectivity index (χ4n) is 5.40. The number of anilines is 2. The van der Waals surface area contributed by atoms with E-state index in [0.717, 1.165) is 48.1 Å². The minimum atomic E-state index is -0.857. The maximum Gasteiger partial charge on any atom is 0.216 e. The number of hydrogen-bond acceptors (Lipinski definition) is 9. The molecule has 2 aliphatic rings. The van der Waals surface area contributed by atoms with Gasteiger partial charge in [0.2, 0.25) is 5.88 Å². The van der Waals surface area contributed by atoms with Gasteiger partial charge >= 0.3 is 0 Å². The van der Waals surface area contributed by atoms with E-state index in [-0.39, 0.29) is 6.04 Å². The summed E-state index contributed by atoms with van der Waals surface area (Å²) in [7, 11) is 0. The molecule has 2 atom stereocenters. The van der Waals surface area contributed by atoms with E-state index in [9.17, 15) is 0 Å². The van der Waals surface area contributed by atoms with Crippen molar-refractivity contribution in [3.8, 4) is 0 Å². The Bertz CT molecular complexity index is 1290. The van der Waals surface area contributed by atoms with Crippen LogP contribution < -0.4 is 10.1 Å². The maximum absolute atomic E-state index is 6.11. The van der Waals surface area contributed by atoms with Crippen molar-refractivity contribution >= 4 is 23.0 Å². The van der Waals surface area contributed by atoms with E-state index in [0.29, 0.717) is 5.88 Å². The molecule has 5 aromatic heterocycles. The van der Waals surface area contributed by atoms with Crippen LogP contribution in [0.15, 0.2) is 87.9 Å². The fraction of sp³-hybridized carbons (Fsp3) is 0.250. The molecule has 2 fully saturated rings. The first-order valence-corrected chi connectivity index (χ1v) is 12.5. The highest BCUT2D eigenvalue weighted by atomic mass is 32.1. The van der Waals surface area contributed by atoms with Gasteiger partial charge in [0.05, 0.1) is 6.26 Å². The zero-order valence-corrected chi connectivity index (χ0v) is 19.6. The van der Waals surface area contributed by atoms with E-state index in [4.69, 9.17) is 13.9 Å². The van der Waals surface area contributed by atoms with E-state index in [2.05, 4.69) is 59.0 Å². The topological polar surface area (TPSA) is 96.6 Å². The molecule has 0 saturated carbocycles. The van der Waals surface area contributed by atoms with Crippen molar-refractivity contribution in [3.63, 3.8) is 0 Å². The zero-order valence-electron chi connectivity index (χ0n) is 18.8. The smallest absolute Gasteiger partial charge is 0.216 e. The lowest BCUT2D eigenvalue weighted by Gasteiger charge is -2.40. The average molecular weight is 489 g/mol. The quantitative estimate of drug-likeness (QED) is 0.360. The molecule has 11 heteroatoms. The normalized spacial score (nSPS) is 23.6. The third-order valence-corrected chi connectivity index (χ3v) is 7.73. The number of thiophene rings is 1. The van der Waals surface area contributed by atoms with Crippen LogP contribution >= 0.6 is 11.3 Å². The molecule has 2 N–H and O–H groups in total. The van der Waals surface area contributed by atoms with Crippen molar-refractivity contribution < 1.29 is 8.94 Å². The van der Waals surface area contributed by atoms with Crippen LogP contribution in [-0.2, 0) is 5.54 Å². The first-order valence-electron chi connectivity index (χ1n) is 11.6. The lowest BCUT2D eigenvalue weighted by Crippen LogP contribution is -2.54. The van der Waals surface area contributed by atoms with Gasteiger partial charge in [-0.1, -0.05) is 11.2 Å². The molecule has 2 saturated heterocycles. The van der Waals surface area contributed by atoms with E-state index < -0.39 is 5.54 Å². The monoisotopic (exact) mass is 488 g/mol. The summed E-state index contributed by atoms with van der Waals surface area (Å²) in [4.78, 5) is 12.7. The summed E-state index contributed by atoms with van der Waals surface area (Å²) >= 11 is 1.67. The van der Waals surface area contributed by atoms with Crippen molar-refractivity contribution in [2.24, 2.45) is 0 Å². The molecule has 0 aliphatic carbocycles. The predicted molar refractivity (Wildman–Crippen MR) is 130 cm³/mol. The summed E-state index contributed by atoms with van der Waals surface area (Å²) in [5.41, 5.74) is -0.0964. The summed E-state index contributed by atoms with van der Waals surface area (Å²) in [6.07, 6.45) is 11.2. The molecule has 10 nitrogen and oxygen atoms in total. The largest absolute Gasteiger partial charge is 0.447 e. The molecule has 7 heterocycles. The second-order valence-corrected chi connectivity index (χ2v) is 9.54. The van der Waals surface area contributed by atoms with Crippen LogP contribution in [0.2, 0.25) is 0 Å². The summed E-state index contributed by atoms with van der Waals surface area (Å²) in [5.74, 6) is 2.39. The van der Waals surface area contributed by atoms with Gasteiger partial charge in [-0.05, 0) is 42.5 Å². The molecular formula is C24H24N8O2S. The number of nitrogens with one attached hydrogen (secondary N) is 2. The first-order chi connectivity index (χ1) is 17.4. The second kappa shape index (κ2) is 8.15. The van der Waals surface area contributed by atoms with Gasteiger partial charge in [-0.15, -0.1) is 16.5 Å². The van der Waals surface area contributed by atoms with Crippen LogP contribution in [0.5, 0.6) is 0 Å². The number of furan rings is 1. The number of hydrazine groups is 3. The van der Waals surface area contributed by atoms with Crippen molar-refractivity contribution in [1.29, 1.82) is 0 Å². The second-order valence-electron chi connectivity index (χ2n) is 8.59. The van der Waals surface area contributed by atoms with Gasteiger partial charge < -0.3 is 18.9 Å². The number of rotatable bonds is 6. The van der Waals surface area contributed by atoms with Gasteiger partial charge in [-0.2, -0.15) is 5.12 Å². The molecule has 7 rings (SSSR count). The molecule has 0 spiro atoms. The standard InChI is InChI=1S/C24H24N8O2S/c1-2-14-29(13-1)32-22(23-26-11-12-27-23)24(18-9-16-34-28-18,19-6-5-17-35-19)30(21-8-4-15-33-21)31(32)20-7-3-10-25-20/h3-12,15-17,22,25H,1-2,13-14H2,(H,26,27). The molecule has 0 amide bonds. The number of aromatic nitrogens is 4. The fourth-order valence-corrected chi connectivity index (χ4v) is 6.34. The Balaban J connectivity index is 1.60. The Labute approximate surface area is 205 Å². The highest BCUT2D eigenvalue weighted by molar-refractivity contribution is 7.10. The Morgan fingerprint density at radius 1 is 1.00 bits per heavy atom. The van der Waals surface area contributed by atoms with Gasteiger partial charge in [-0.3, -0.25) is 0 Å². The zero-order chi connectivity index (χ0) is 23.2. The SMILES string of the molecule is c1c[nH]c(N2N(N3CCCC3)C(c3ncc[nH]3)C(c3ccon3)(c3cccs3)N2c2ccco2)c1. The van der Waals surface area contributed by atoms with Crippen LogP contribution in [0.1, 0.15) is 35.3 Å². The number of hydrogen-bond donors (Lipinski definition) is 2. The molecule has 0 bridgehead atoms. The van der Waals surface area contributed by atoms with E-state index >= 15 is 0 Å². The van der Waals surface area contributed by atoms with Gasteiger partial charge in [0.1, 0.15) is 29.6 Å². The highest BCUT2D eigenvalue weighted by Gasteiger charge is 2.66. The summed E-state index contributed by atoms with van der Waals surface area (Å²) < 4.78 is 11.6. The number of nitrogens with zero attached hydrogens (tertiary/aromatic N) is 6. The highest BCUT2D eigenvalue weighted by Crippen LogP contribution is 2.58. The molecule has 2 aliphatic heterocycles. The van der Waals surface area contributed by atoms with Crippen molar-refractivity contribution in [3.05, 3.63) is 95.4 Å². The van der Waals surface area contributed by atoms with Gasteiger partial charge in [0.15, 0.2) is 5.54 Å². The number of H-pyrrole nitrogens is 2. The van der Waals surface area contributed by atoms with E-state index in [1.54, 1.807) is 30.1 Å². The first kappa shape index (κ1) is 20.6. The Hall–Kier alpha value is -3.80. The van der Waals surface area contributed by atoms with Crippen LogP contribution in [-0.4, -0.2) is 43.3 Å². The minimum absolute atomic E-state index is 0.312. The third-order valence-electron chi connectivity index (χ3n) is 6.73. The van der Waals surface area contributed by atoms with Crippen LogP contribution in [0.25, 0.3) is 0 Å². The number of aromatic amines is 2. The third kappa shape index (κ3) is 2.95. The molecular weight excluding hydrogens is 464 g/mol. The Kier molecular flexibility index (Phi) is 4.79. The Morgan fingerprint density at radius 2 is 1.94 bits per heavy atom. The van der Waals surface area contributed by atoms with Crippen LogP contribution in [0.3, 0.4) is 0 Å². The van der Waals surface area contributed by atoms with Crippen LogP contribution in [0, 0.1) is 0 Å². The van der Waals surface area contributed by atoms with Gasteiger partial charge in [0, 0.05) is 48.7 Å². The van der Waals surface area contributed by atoms with Crippen molar-refractivity contribution in [1.82, 2.24) is 30.2 Å². The predicted octanol–water partition coefficient (Wildman–Crippen LogP) is 4.53. The molecule has 0 aromatic carbocycles. The van der Waals surface area contributed by atoms with Gasteiger partial charge in [0.25, 0.3) is 0 Å². The minimum Gasteiger partial charge on any atom is -0.447 e. The molecule has 5 aromatic rings. The summed E-state index contributed by atoms with van der Waals surface area (Å²) in [6.45, 7) is 1.86. The van der Waals surface area contributed by atoms with Gasteiger partial charge in [-0.25, -0.2) is 15.0 Å². The van der Waals surface area contributed by atoms with E-state index in [1.807, 2.05) is 36.7 Å². The molecule has 0 radical (unpaired) electrons. The molecule has 2 unspecified atom stereocenters. The summed E-state index contributed by atoms with van der Waals surface area (Å²) in [5, 5.41) is 15.7. The summed E-state index contributed by atoms with van der Waals surface area (Å²) in [6, 6.07) is 13.8. The number of imidazole rings is 1. The van der Waals surface area contributed by atoms with E-state index in [1.165, 1.54) is 0 Å². The van der Waals surface area contributed by atoms with Crippen molar-refractivity contribution in [2.45, 2.75) is 24.4 Å². The molecule has 178 valence electrons. The lowest BCUT2D eigenvalue weighted by molar-refractivity contribution is -0.0403. The molecule has 35 heavy (non-hydrogen) atoms. The maximum atomic E-state index is 6.11. The van der Waals surface area contributed by atoms with Crippen LogP contribution in [0.4, 0.5) is 11.7 Å².